The molecule has 1 aliphatic carbocycles. The monoisotopic (exact) mass is 249 g/mol. The largest absolute Gasteiger partial charge is 0.311 e. The van der Waals surface area contributed by atoms with Crippen LogP contribution in [-0.2, 0) is 0 Å². The highest BCUT2D eigenvalue weighted by molar-refractivity contribution is 5.23. The van der Waals surface area contributed by atoms with Crippen molar-refractivity contribution in [3.8, 4) is 0 Å². The van der Waals surface area contributed by atoms with E-state index < -0.39 is 0 Å². The lowest BCUT2D eigenvalue weighted by molar-refractivity contribution is 0.263. The van der Waals surface area contributed by atoms with Crippen LogP contribution in [0.5, 0.6) is 0 Å². The van der Waals surface area contributed by atoms with Crippen LogP contribution < -0.4 is 5.32 Å². The third-order valence-corrected chi connectivity index (χ3v) is 3.99. The van der Waals surface area contributed by atoms with Gasteiger partial charge in [-0.2, -0.15) is 0 Å². The SMILES string of the molecule is CCCCC(C)NC1CC(c2ccc(F)cc2)C1. The van der Waals surface area contributed by atoms with E-state index in [4.69, 9.17) is 0 Å². The van der Waals surface area contributed by atoms with Gasteiger partial charge in [-0.25, -0.2) is 4.39 Å². The Morgan fingerprint density at radius 1 is 1.28 bits per heavy atom. The summed E-state index contributed by atoms with van der Waals surface area (Å²) in [4.78, 5) is 0. The molecule has 0 aromatic heterocycles. The Kier molecular flexibility index (Phi) is 4.76. The Bertz CT molecular complexity index is 354. The Balaban J connectivity index is 1.72. The molecule has 1 atom stereocenters. The summed E-state index contributed by atoms with van der Waals surface area (Å²) in [6, 6.07) is 8.28. The van der Waals surface area contributed by atoms with Gasteiger partial charge in [-0.1, -0.05) is 31.9 Å². The van der Waals surface area contributed by atoms with E-state index in [0.29, 0.717) is 18.0 Å². The maximum absolute atomic E-state index is 12.8. The molecule has 2 heteroatoms. The summed E-state index contributed by atoms with van der Waals surface area (Å²) in [5, 5.41) is 3.69. The fourth-order valence-electron chi connectivity index (χ4n) is 2.76. The van der Waals surface area contributed by atoms with Crippen molar-refractivity contribution in [2.75, 3.05) is 0 Å². The average Bonchev–Trinajstić information content (AvgIpc) is 2.32. The first-order valence-electron chi connectivity index (χ1n) is 7.20. The fraction of sp³-hybridized carbons (Fsp3) is 0.625. The second kappa shape index (κ2) is 6.33. The smallest absolute Gasteiger partial charge is 0.123 e. The lowest BCUT2D eigenvalue weighted by atomic mass is 9.75. The molecule has 1 nitrogen and oxygen atoms in total. The van der Waals surface area contributed by atoms with Crippen LogP contribution in [0.1, 0.15) is 57.4 Å². The van der Waals surface area contributed by atoms with Gasteiger partial charge in [0.1, 0.15) is 5.82 Å². The predicted molar refractivity (Wildman–Crippen MR) is 74.3 cm³/mol. The molecular weight excluding hydrogens is 225 g/mol. The number of nitrogens with one attached hydrogen (secondary N) is 1. The van der Waals surface area contributed by atoms with E-state index in [9.17, 15) is 4.39 Å². The molecule has 1 N–H and O–H groups in total. The molecule has 0 aliphatic heterocycles. The van der Waals surface area contributed by atoms with Gasteiger partial charge in [-0.05, 0) is 49.8 Å². The van der Waals surface area contributed by atoms with Gasteiger partial charge in [0.25, 0.3) is 0 Å². The van der Waals surface area contributed by atoms with E-state index in [1.165, 1.54) is 37.7 Å². The Hall–Kier alpha value is -0.890. The molecule has 0 amide bonds. The van der Waals surface area contributed by atoms with Crippen LogP contribution >= 0.6 is 0 Å². The van der Waals surface area contributed by atoms with Crippen molar-refractivity contribution in [1.82, 2.24) is 5.32 Å². The number of hydrogen-bond acceptors (Lipinski definition) is 1. The molecule has 0 radical (unpaired) electrons. The van der Waals surface area contributed by atoms with Crippen molar-refractivity contribution < 1.29 is 4.39 Å². The van der Waals surface area contributed by atoms with Crippen molar-refractivity contribution in [2.24, 2.45) is 0 Å². The molecule has 1 aromatic carbocycles. The van der Waals surface area contributed by atoms with Gasteiger partial charge in [0.2, 0.25) is 0 Å². The summed E-state index contributed by atoms with van der Waals surface area (Å²) in [7, 11) is 0. The van der Waals surface area contributed by atoms with Crippen LogP contribution in [0.3, 0.4) is 0 Å². The second-order valence-corrected chi connectivity index (χ2v) is 5.63. The third kappa shape index (κ3) is 3.55. The number of hydrogen-bond donors (Lipinski definition) is 1. The molecular formula is C16H24FN. The highest BCUT2D eigenvalue weighted by atomic mass is 19.1. The summed E-state index contributed by atoms with van der Waals surface area (Å²) in [5.41, 5.74) is 1.29. The summed E-state index contributed by atoms with van der Waals surface area (Å²) in [6.07, 6.45) is 6.25. The lowest BCUT2D eigenvalue weighted by Crippen LogP contribution is -2.44. The zero-order chi connectivity index (χ0) is 13.0. The van der Waals surface area contributed by atoms with Gasteiger partial charge < -0.3 is 5.32 Å². The molecule has 0 saturated heterocycles. The van der Waals surface area contributed by atoms with E-state index in [1.54, 1.807) is 12.1 Å². The van der Waals surface area contributed by atoms with Crippen molar-refractivity contribution in [2.45, 2.75) is 64.0 Å². The minimum atomic E-state index is -0.138. The molecule has 0 spiro atoms. The van der Waals surface area contributed by atoms with Crippen LogP contribution in [-0.4, -0.2) is 12.1 Å². The minimum absolute atomic E-state index is 0.138. The summed E-state index contributed by atoms with van der Waals surface area (Å²) in [6.45, 7) is 4.52. The van der Waals surface area contributed by atoms with E-state index in [1.807, 2.05) is 12.1 Å². The molecule has 1 unspecified atom stereocenters. The first-order valence-corrected chi connectivity index (χ1v) is 7.20. The van der Waals surface area contributed by atoms with E-state index >= 15 is 0 Å². The van der Waals surface area contributed by atoms with Gasteiger partial charge in [0, 0.05) is 12.1 Å². The standard InChI is InChI=1S/C16H24FN/c1-3-4-5-12(2)18-16-10-14(11-16)13-6-8-15(17)9-7-13/h6-9,12,14,16,18H,3-5,10-11H2,1-2H3. The normalized spacial score (nSPS) is 24.6. The highest BCUT2D eigenvalue weighted by Crippen LogP contribution is 2.37. The number of unbranched alkanes of at least 4 members (excludes halogenated alkanes) is 1. The van der Waals surface area contributed by atoms with Crippen LogP contribution in [0.2, 0.25) is 0 Å². The van der Waals surface area contributed by atoms with Crippen molar-refractivity contribution in [3.05, 3.63) is 35.6 Å². The lowest BCUT2D eigenvalue weighted by Gasteiger charge is -2.38. The molecule has 18 heavy (non-hydrogen) atoms. The van der Waals surface area contributed by atoms with Crippen molar-refractivity contribution >= 4 is 0 Å². The van der Waals surface area contributed by atoms with E-state index in [-0.39, 0.29) is 5.82 Å². The Morgan fingerprint density at radius 3 is 2.56 bits per heavy atom. The zero-order valence-corrected chi connectivity index (χ0v) is 11.5. The molecule has 1 fully saturated rings. The summed E-state index contributed by atoms with van der Waals surface area (Å²) < 4.78 is 12.8. The van der Waals surface area contributed by atoms with E-state index in [0.717, 1.165) is 0 Å². The van der Waals surface area contributed by atoms with Crippen LogP contribution in [0.25, 0.3) is 0 Å². The van der Waals surface area contributed by atoms with Crippen LogP contribution in [0.15, 0.2) is 24.3 Å². The maximum Gasteiger partial charge on any atom is 0.123 e. The Morgan fingerprint density at radius 2 is 1.94 bits per heavy atom. The summed E-state index contributed by atoms with van der Waals surface area (Å²) in [5.74, 6) is 0.488. The topological polar surface area (TPSA) is 12.0 Å². The molecule has 1 aliphatic rings. The number of benzene rings is 1. The molecule has 1 aromatic rings. The first kappa shape index (κ1) is 13.5. The molecule has 2 rings (SSSR count). The van der Waals surface area contributed by atoms with E-state index in [2.05, 4.69) is 19.2 Å². The highest BCUT2D eigenvalue weighted by Gasteiger charge is 2.30. The molecule has 100 valence electrons. The average molecular weight is 249 g/mol. The maximum atomic E-state index is 12.8. The molecule has 0 heterocycles. The van der Waals surface area contributed by atoms with Gasteiger partial charge >= 0.3 is 0 Å². The molecule has 1 saturated carbocycles. The first-order chi connectivity index (χ1) is 8.69. The van der Waals surface area contributed by atoms with Gasteiger partial charge in [-0.3, -0.25) is 0 Å². The quantitative estimate of drug-likeness (QED) is 0.795. The third-order valence-electron chi connectivity index (χ3n) is 3.99. The Labute approximate surface area is 110 Å². The minimum Gasteiger partial charge on any atom is -0.311 e. The van der Waals surface area contributed by atoms with Crippen molar-refractivity contribution in [1.29, 1.82) is 0 Å². The van der Waals surface area contributed by atoms with Gasteiger partial charge in [0.05, 0.1) is 0 Å². The second-order valence-electron chi connectivity index (χ2n) is 5.63. The van der Waals surface area contributed by atoms with Gasteiger partial charge in [0.15, 0.2) is 0 Å². The number of halogens is 1. The van der Waals surface area contributed by atoms with Crippen LogP contribution in [0.4, 0.5) is 4.39 Å². The molecule has 0 bridgehead atoms. The van der Waals surface area contributed by atoms with Crippen molar-refractivity contribution in [3.63, 3.8) is 0 Å². The summed E-state index contributed by atoms with van der Waals surface area (Å²) >= 11 is 0. The fourth-order valence-corrected chi connectivity index (χ4v) is 2.76. The zero-order valence-electron chi connectivity index (χ0n) is 11.5. The number of rotatable bonds is 6. The predicted octanol–water partition coefficient (Wildman–Crippen LogP) is 4.24. The van der Waals surface area contributed by atoms with Crippen LogP contribution in [0, 0.1) is 5.82 Å². The van der Waals surface area contributed by atoms with Gasteiger partial charge in [-0.15, -0.1) is 0 Å².